The first-order chi connectivity index (χ1) is 10.8. The molecular weight excluding hydrogens is 272 g/mol. The number of fused-ring (bicyclic) bond motifs is 2. The fourth-order valence-corrected chi connectivity index (χ4v) is 3.44. The Bertz CT molecular complexity index is 771. The number of carbonyl (C=O) groups is 2. The van der Waals surface area contributed by atoms with Crippen LogP contribution in [0.25, 0.3) is 12.2 Å². The molecule has 0 saturated carbocycles. The lowest BCUT2D eigenvalue weighted by atomic mass is 9.70. The van der Waals surface area contributed by atoms with E-state index in [1.54, 1.807) is 12.2 Å². The van der Waals surface area contributed by atoms with E-state index in [-0.39, 0.29) is 11.6 Å². The molecule has 2 aliphatic rings. The molecule has 0 bridgehead atoms. The molecular formula is C20H14O2. The van der Waals surface area contributed by atoms with E-state index in [0.717, 1.165) is 22.3 Å². The van der Waals surface area contributed by atoms with Gasteiger partial charge in [-0.15, -0.1) is 0 Å². The van der Waals surface area contributed by atoms with Crippen LogP contribution < -0.4 is 0 Å². The Morgan fingerprint density at radius 1 is 0.545 bits per heavy atom. The molecule has 2 aliphatic carbocycles. The molecule has 22 heavy (non-hydrogen) atoms. The molecule has 4 rings (SSSR count). The van der Waals surface area contributed by atoms with Crippen LogP contribution in [-0.4, -0.2) is 11.6 Å². The molecule has 0 aromatic heterocycles. The molecule has 106 valence electrons. The van der Waals surface area contributed by atoms with Crippen molar-refractivity contribution in [1.82, 2.24) is 0 Å². The average molecular weight is 286 g/mol. The number of carbonyl (C=O) groups excluding carboxylic acids is 2. The first-order valence-corrected chi connectivity index (χ1v) is 7.37. The monoisotopic (exact) mass is 286 g/mol. The van der Waals surface area contributed by atoms with E-state index in [9.17, 15) is 9.59 Å². The number of ketones is 2. The molecule has 2 aromatic carbocycles. The lowest BCUT2D eigenvalue weighted by Crippen LogP contribution is -2.28. The van der Waals surface area contributed by atoms with Gasteiger partial charge in [-0.3, -0.25) is 9.59 Å². The summed E-state index contributed by atoms with van der Waals surface area (Å²) in [7, 11) is 0. The van der Waals surface area contributed by atoms with Crippen LogP contribution in [0.1, 0.15) is 34.1 Å². The highest BCUT2D eigenvalue weighted by Crippen LogP contribution is 2.42. The summed E-state index contributed by atoms with van der Waals surface area (Å²) < 4.78 is 0. The van der Waals surface area contributed by atoms with Crippen LogP contribution in [-0.2, 0) is 9.59 Å². The molecule has 2 unspecified atom stereocenters. The number of rotatable bonds is 1. The number of benzene rings is 2. The third-order valence-electron chi connectivity index (χ3n) is 4.46. The van der Waals surface area contributed by atoms with Gasteiger partial charge in [0.25, 0.3) is 0 Å². The van der Waals surface area contributed by atoms with E-state index in [0.29, 0.717) is 0 Å². The van der Waals surface area contributed by atoms with Crippen LogP contribution in [0.2, 0.25) is 0 Å². The van der Waals surface area contributed by atoms with E-state index in [1.165, 1.54) is 0 Å². The highest BCUT2D eigenvalue weighted by molar-refractivity contribution is 6.10. The third kappa shape index (κ3) is 1.88. The van der Waals surface area contributed by atoms with Crippen molar-refractivity contribution in [3.8, 4) is 0 Å². The molecule has 0 radical (unpaired) electrons. The minimum Gasteiger partial charge on any atom is -0.294 e. The van der Waals surface area contributed by atoms with Crippen LogP contribution in [0.4, 0.5) is 0 Å². The minimum absolute atomic E-state index is 0.00199. The highest BCUT2D eigenvalue weighted by Gasteiger charge is 2.38. The Morgan fingerprint density at radius 3 is 1.41 bits per heavy atom. The van der Waals surface area contributed by atoms with E-state index in [2.05, 4.69) is 0 Å². The van der Waals surface area contributed by atoms with Crippen LogP contribution in [0.3, 0.4) is 0 Å². The first kappa shape index (κ1) is 13.0. The van der Waals surface area contributed by atoms with Crippen molar-refractivity contribution in [2.24, 2.45) is 0 Å². The predicted molar refractivity (Wildman–Crippen MR) is 86.4 cm³/mol. The van der Waals surface area contributed by atoms with Crippen LogP contribution in [0.15, 0.2) is 60.7 Å². The standard InChI is InChI=1S/C20H14O2/c21-17-11-9-13-5-1-3-7-15(13)19(17)20-16-8-4-2-6-14(16)10-12-18(20)22/h1-12,19-20H. The van der Waals surface area contributed by atoms with Gasteiger partial charge in [-0.1, -0.05) is 60.7 Å². The van der Waals surface area contributed by atoms with Crippen molar-refractivity contribution in [3.63, 3.8) is 0 Å². The topological polar surface area (TPSA) is 34.1 Å². The molecule has 2 aromatic rings. The lowest BCUT2D eigenvalue weighted by molar-refractivity contribution is -0.122. The zero-order valence-corrected chi connectivity index (χ0v) is 11.9. The van der Waals surface area contributed by atoms with E-state index in [4.69, 9.17) is 0 Å². The normalized spacial score (nSPS) is 22.4. The van der Waals surface area contributed by atoms with Gasteiger partial charge in [0.15, 0.2) is 11.6 Å². The second kappa shape index (κ2) is 4.92. The molecule has 0 fully saturated rings. The summed E-state index contributed by atoms with van der Waals surface area (Å²) in [5.74, 6) is -0.857. The van der Waals surface area contributed by atoms with Crippen molar-refractivity contribution in [1.29, 1.82) is 0 Å². The van der Waals surface area contributed by atoms with Gasteiger partial charge in [-0.2, -0.15) is 0 Å². The highest BCUT2D eigenvalue weighted by atomic mass is 16.1. The third-order valence-corrected chi connectivity index (χ3v) is 4.46. The summed E-state index contributed by atoms with van der Waals surface area (Å²) in [6.07, 6.45) is 6.87. The average Bonchev–Trinajstić information content (AvgIpc) is 2.56. The maximum absolute atomic E-state index is 12.5. The van der Waals surface area contributed by atoms with Crippen molar-refractivity contribution >= 4 is 23.7 Å². The van der Waals surface area contributed by atoms with Gasteiger partial charge in [-0.05, 0) is 34.4 Å². The number of hydrogen-bond acceptors (Lipinski definition) is 2. The van der Waals surface area contributed by atoms with Gasteiger partial charge < -0.3 is 0 Å². The van der Waals surface area contributed by atoms with Crippen molar-refractivity contribution < 1.29 is 9.59 Å². The summed E-state index contributed by atoms with van der Waals surface area (Å²) in [5, 5.41) is 0. The van der Waals surface area contributed by atoms with E-state index < -0.39 is 11.8 Å². The number of hydrogen-bond donors (Lipinski definition) is 0. The van der Waals surface area contributed by atoms with Gasteiger partial charge in [0.1, 0.15) is 0 Å². The van der Waals surface area contributed by atoms with Gasteiger partial charge >= 0.3 is 0 Å². The lowest BCUT2D eigenvalue weighted by Gasteiger charge is -2.30. The summed E-state index contributed by atoms with van der Waals surface area (Å²) in [5.41, 5.74) is 3.93. The molecule has 2 atom stereocenters. The second-order valence-corrected chi connectivity index (χ2v) is 5.68. The predicted octanol–water partition coefficient (Wildman–Crippen LogP) is 3.75. The van der Waals surface area contributed by atoms with Crippen molar-refractivity contribution in [3.05, 3.63) is 82.9 Å². The first-order valence-electron chi connectivity index (χ1n) is 7.37. The van der Waals surface area contributed by atoms with Gasteiger partial charge in [0.05, 0.1) is 11.8 Å². The summed E-state index contributed by atoms with van der Waals surface area (Å²) in [6.45, 7) is 0. The minimum atomic E-state index is -0.431. The van der Waals surface area contributed by atoms with Crippen molar-refractivity contribution in [2.75, 3.05) is 0 Å². The van der Waals surface area contributed by atoms with Crippen LogP contribution >= 0.6 is 0 Å². The molecule has 0 saturated heterocycles. The van der Waals surface area contributed by atoms with E-state index >= 15 is 0 Å². The summed E-state index contributed by atoms with van der Waals surface area (Å²) >= 11 is 0. The fourth-order valence-electron chi connectivity index (χ4n) is 3.44. The molecule has 0 amide bonds. The summed E-state index contributed by atoms with van der Waals surface area (Å²) in [4.78, 5) is 25.1. The number of allylic oxidation sites excluding steroid dienone is 2. The Kier molecular flexibility index (Phi) is 2.90. The summed E-state index contributed by atoms with van der Waals surface area (Å²) in [6, 6.07) is 15.6. The zero-order chi connectivity index (χ0) is 15.1. The Hall–Kier alpha value is -2.74. The second-order valence-electron chi connectivity index (χ2n) is 5.68. The molecule has 2 heteroatoms. The SMILES string of the molecule is O=C1C=Cc2ccccc2C1C1C(=O)C=Cc2ccccc21. The zero-order valence-electron chi connectivity index (χ0n) is 11.9. The van der Waals surface area contributed by atoms with E-state index in [1.807, 2.05) is 60.7 Å². The van der Waals surface area contributed by atoms with Gasteiger partial charge in [0, 0.05) is 0 Å². The van der Waals surface area contributed by atoms with Gasteiger partial charge in [-0.25, -0.2) is 0 Å². The molecule has 2 nitrogen and oxygen atoms in total. The fraction of sp³-hybridized carbons (Fsp3) is 0.100. The maximum Gasteiger partial charge on any atom is 0.164 e. The smallest absolute Gasteiger partial charge is 0.164 e. The molecule has 0 aliphatic heterocycles. The van der Waals surface area contributed by atoms with Crippen molar-refractivity contribution in [2.45, 2.75) is 11.8 Å². The Morgan fingerprint density at radius 2 is 0.955 bits per heavy atom. The largest absolute Gasteiger partial charge is 0.294 e. The van der Waals surface area contributed by atoms with Gasteiger partial charge in [0.2, 0.25) is 0 Å². The molecule has 0 heterocycles. The van der Waals surface area contributed by atoms with Crippen LogP contribution in [0, 0.1) is 0 Å². The molecule has 0 spiro atoms. The maximum atomic E-state index is 12.5. The quantitative estimate of drug-likeness (QED) is 0.800. The van der Waals surface area contributed by atoms with Crippen LogP contribution in [0.5, 0.6) is 0 Å². The Labute approximate surface area is 128 Å². The Balaban J connectivity index is 1.91. The molecule has 0 N–H and O–H groups in total.